The highest BCUT2D eigenvalue weighted by Crippen LogP contribution is 2.18. The number of aromatic amines is 1. The molecule has 17 heavy (non-hydrogen) atoms. The summed E-state index contributed by atoms with van der Waals surface area (Å²) in [5.41, 5.74) is 2.07. The SMILES string of the molecule is CC(=O)NC(C=O)Cc1c[nH]c2ccccc12. The maximum Gasteiger partial charge on any atom is 0.217 e. The summed E-state index contributed by atoms with van der Waals surface area (Å²) in [5.74, 6) is -0.193. The molecule has 0 radical (unpaired) electrons. The van der Waals surface area contributed by atoms with E-state index in [-0.39, 0.29) is 5.91 Å². The van der Waals surface area contributed by atoms with E-state index in [1.165, 1.54) is 6.92 Å². The highest BCUT2D eigenvalue weighted by molar-refractivity contribution is 5.84. The molecule has 1 amide bonds. The van der Waals surface area contributed by atoms with E-state index in [2.05, 4.69) is 10.3 Å². The maximum atomic E-state index is 10.9. The van der Waals surface area contributed by atoms with Crippen molar-refractivity contribution in [2.24, 2.45) is 0 Å². The predicted octanol–water partition coefficient (Wildman–Crippen LogP) is 1.41. The van der Waals surface area contributed by atoms with Crippen LogP contribution in [-0.4, -0.2) is 23.2 Å². The highest BCUT2D eigenvalue weighted by atomic mass is 16.2. The molecule has 0 aliphatic rings. The lowest BCUT2D eigenvalue weighted by atomic mass is 10.1. The number of hydrogen-bond donors (Lipinski definition) is 2. The Hall–Kier alpha value is -2.10. The van der Waals surface area contributed by atoms with Crippen LogP contribution in [0.2, 0.25) is 0 Å². The van der Waals surface area contributed by atoms with Crippen molar-refractivity contribution < 1.29 is 9.59 Å². The van der Waals surface area contributed by atoms with Crippen molar-refractivity contribution in [1.82, 2.24) is 10.3 Å². The summed E-state index contributed by atoms with van der Waals surface area (Å²) in [4.78, 5) is 24.9. The molecule has 1 aromatic carbocycles. The monoisotopic (exact) mass is 230 g/mol. The van der Waals surface area contributed by atoms with Gasteiger partial charge in [-0.3, -0.25) is 4.79 Å². The molecular weight excluding hydrogens is 216 g/mol. The summed E-state index contributed by atoms with van der Waals surface area (Å²) in [5, 5.41) is 3.70. The van der Waals surface area contributed by atoms with Crippen molar-refractivity contribution in [3.63, 3.8) is 0 Å². The Labute approximate surface area is 99.0 Å². The van der Waals surface area contributed by atoms with Gasteiger partial charge in [0, 0.05) is 30.4 Å². The molecule has 0 saturated heterocycles. The topological polar surface area (TPSA) is 62.0 Å². The molecule has 0 saturated carbocycles. The van der Waals surface area contributed by atoms with E-state index in [0.29, 0.717) is 6.42 Å². The normalized spacial score (nSPS) is 12.3. The van der Waals surface area contributed by atoms with Crippen molar-refractivity contribution in [2.45, 2.75) is 19.4 Å². The largest absolute Gasteiger partial charge is 0.361 e. The lowest BCUT2D eigenvalue weighted by molar-refractivity contribution is -0.122. The van der Waals surface area contributed by atoms with E-state index in [9.17, 15) is 9.59 Å². The smallest absolute Gasteiger partial charge is 0.217 e. The number of nitrogens with one attached hydrogen (secondary N) is 2. The zero-order chi connectivity index (χ0) is 12.3. The molecule has 0 aliphatic carbocycles. The number of para-hydroxylation sites is 1. The fourth-order valence-corrected chi connectivity index (χ4v) is 1.93. The van der Waals surface area contributed by atoms with E-state index in [0.717, 1.165) is 22.8 Å². The van der Waals surface area contributed by atoms with Gasteiger partial charge in [0.25, 0.3) is 0 Å². The van der Waals surface area contributed by atoms with Crippen LogP contribution in [0.1, 0.15) is 12.5 Å². The standard InChI is InChI=1S/C13H14N2O2/c1-9(17)15-11(8-16)6-10-7-14-13-5-3-2-4-12(10)13/h2-5,7-8,11,14H,6H2,1H3,(H,15,17). The van der Waals surface area contributed by atoms with Crippen molar-refractivity contribution in [3.05, 3.63) is 36.0 Å². The lowest BCUT2D eigenvalue weighted by Gasteiger charge is -2.10. The van der Waals surface area contributed by atoms with Crippen LogP contribution in [-0.2, 0) is 16.0 Å². The Morgan fingerprint density at radius 3 is 2.94 bits per heavy atom. The number of carbonyl (C=O) groups is 2. The van der Waals surface area contributed by atoms with Gasteiger partial charge in [0.15, 0.2) is 0 Å². The molecule has 4 nitrogen and oxygen atoms in total. The fourth-order valence-electron chi connectivity index (χ4n) is 1.93. The molecule has 0 bridgehead atoms. The number of benzene rings is 1. The van der Waals surface area contributed by atoms with Crippen molar-refractivity contribution in [1.29, 1.82) is 0 Å². The quantitative estimate of drug-likeness (QED) is 0.780. The van der Waals surface area contributed by atoms with Gasteiger partial charge >= 0.3 is 0 Å². The first-order valence-electron chi connectivity index (χ1n) is 5.48. The Morgan fingerprint density at radius 2 is 2.24 bits per heavy atom. The summed E-state index contributed by atoms with van der Waals surface area (Å²) >= 11 is 0. The van der Waals surface area contributed by atoms with E-state index in [4.69, 9.17) is 0 Å². The van der Waals surface area contributed by atoms with Gasteiger partial charge in [-0.15, -0.1) is 0 Å². The van der Waals surface area contributed by atoms with Crippen molar-refractivity contribution >= 4 is 23.1 Å². The first-order valence-corrected chi connectivity index (χ1v) is 5.48. The zero-order valence-corrected chi connectivity index (χ0v) is 9.57. The molecule has 0 fully saturated rings. The number of amides is 1. The minimum atomic E-state index is -0.466. The second kappa shape index (κ2) is 4.82. The number of carbonyl (C=O) groups excluding carboxylic acids is 2. The van der Waals surface area contributed by atoms with Gasteiger partial charge in [-0.2, -0.15) is 0 Å². The average molecular weight is 230 g/mol. The number of H-pyrrole nitrogens is 1. The molecule has 88 valence electrons. The molecule has 4 heteroatoms. The van der Waals surface area contributed by atoms with Gasteiger partial charge in [0.1, 0.15) is 6.29 Å². The molecule has 1 heterocycles. The Morgan fingerprint density at radius 1 is 1.47 bits per heavy atom. The highest BCUT2D eigenvalue weighted by Gasteiger charge is 2.12. The van der Waals surface area contributed by atoms with E-state index >= 15 is 0 Å². The molecule has 2 N–H and O–H groups in total. The third kappa shape index (κ3) is 2.53. The number of hydrogen-bond acceptors (Lipinski definition) is 2. The molecule has 2 aromatic rings. The van der Waals surface area contributed by atoms with Gasteiger partial charge in [0.05, 0.1) is 6.04 Å². The van der Waals surface area contributed by atoms with E-state index < -0.39 is 6.04 Å². The van der Waals surface area contributed by atoms with Crippen LogP contribution in [0.15, 0.2) is 30.5 Å². The Balaban J connectivity index is 2.22. The first-order chi connectivity index (χ1) is 8.20. The molecule has 0 spiro atoms. The molecule has 1 unspecified atom stereocenters. The summed E-state index contributed by atoms with van der Waals surface area (Å²) in [6.07, 6.45) is 3.15. The average Bonchev–Trinajstić information content (AvgIpc) is 2.71. The van der Waals surface area contributed by atoms with E-state index in [1.54, 1.807) is 0 Å². The van der Waals surface area contributed by atoms with Gasteiger partial charge in [-0.25, -0.2) is 0 Å². The van der Waals surface area contributed by atoms with Crippen LogP contribution in [0.25, 0.3) is 10.9 Å². The van der Waals surface area contributed by atoms with Gasteiger partial charge in [-0.05, 0) is 11.6 Å². The third-order valence-corrected chi connectivity index (χ3v) is 2.67. The Kier molecular flexibility index (Phi) is 3.23. The molecular formula is C13H14N2O2. The van der Waals surface area contributed by atoms with Gasteiger partial charge < -0.3 is 15.1 Å². The van der Waals surface area contributed by atoms with Crippen LogP contribution in [0, 0.1) is 0 Å². The van der Waals surface area contributed by atoms with Crippen LogP contribution < -0.4 is 5.32 Å². The first kappa shape index (κ1) is 11.4. The second-order valence-electron chi connectivity index (χ2n) is 4.01. The molecule has 2 rings (SSSR count). The molecule has 0 aliphatic heterocycles. The summed E-state index contributed by atoms with van der Waals surface area (Å²) in [7, 11) is 0. The number of aldehydes is 1. The van der Waals surface area contributed by atoms with Gasteiger partial charge in [0.2, 0.25) is 5.91 Å². The predicted molar refractivity (Wildman–Crippen MR) is 65.7 cm³/mol. The van der Waals surface area contributed by atoms with Crippen LogP contribution in [0.4, 0.5) is 0 Å². The number of rotatable bonds is 4. The Bertz CT molecular complexity index is 545. The molecule has 1 aromatic heterocycles. The van der Waals surface area contributed by atoms with E-state index in [1.807, 2.05) is 30.5 Å². The molecule has 1 atom stereocenters. The maximum absolute atomic E-state index is 10.9. The lowest BCUT2D eigenvalue weighted by Crippen LogP contribution is -2.35. The van der Waals surface area contributed by atoms with Gasteiger partial charge in [-0.1, -0.05) is 18.2 Å². The number of aromatic nitrogens is 1. The van der Waals surface area contributed by atoms with Crippen LogP contribution in [0.5, 0.6) is 0 Å². The van der Waals surface area contributed by atoms with Crippen molar-refractivity contribution in [2.75, 3.05) is 0 Å². The minimum Gasteiger partial charge on any atom is -0.361 e. The number of fused-ring (bicyclic) bond motifs is 1. The minimum absolute atomic E-state index is 0.193. The zero-order valence-electron chi connectivity index (χ0n) is 9.57. The second-order valence-corrected chi connectivity index (χ2v) is 4.01. The van der Waals surface area contributed by atoms with Crippen LogP contribution in [0.3, 0.4) is 0 Å². The summed E-state index contributed by atoms with van der Waals surface area (Å²) in [6.45, 7) is 1.41. The van der Waals surface area contributed by atoms with Crippen LogP contribution >= 0.6 is 0 Å². The fraction of sp³-hybridized carbons (Fsp3) is 0.231. The summed E-state index contributed by atoms with van der Waals surface area (Å²) in [6, 6.07) is 7.41. The summed E-state index contributed by atoms with van der Waals surface area (Å²) < 4.78 is 0. The van der Waals surface area contributed by atoms with Crippen molar-refractivity contribution in [3.8, 4) is 0 Å². The third-order valence-electron chi connectivity index (χ3n) is 2.67.